The van der Waals surface area contributed by atoms with Crippen LogP contribution in [-0.2, 0) is 11.3 Å². The lowest BCUT2D eigenvalue weighted by molar-refractivity contribution is 0.0679. The third-order valence-corrected chi connectivity index (χ3v) is 4.42. The molecule has 0 saturated carbocycles. The minimum absolute atomic E-state index is 0.188. The number of pyridine rings is 1. The second-order valence-electron chi connectivity index (χ2n) is 6.48. The number of amides is 2. The normalized spacial score (nSPS) is 16.4. The highest BCUT2D eigenvalue weighted by Crippen LogP contribution is 2.18. The van der Waals surface area contributed by atoms with Crippen LogP contribution >= 0.6 is 0 Å². The number of benzene rings is 1. The fourth-order valence-corrected chi connectivity index (χ4v) is 3.02. The van der Waals surface area contributed by atoms with Crippen molar-refractivity contribution in [1.29, 1.82) is 0 Å². The topological polar surface area (TPSA) is 76.9 Å². The van der Waals surface area contributed by atoms with E-state index in [4.69, 9.17) is 9.47 Å². The van der Waals surface area contributed by atoms with Crippen molar-refractivity contribution >= 4 is 17.4 Å². The van der Waals surface area contributed by atoms with E-state index >= 15 is 0 Å². The van der Waals surface area contributed by atoms with Crippen molar-refractivity contribution in [2.45, 2.75) is 25.5 Å². The molecule has 2 aromatic heterocycles. The van der Waals surface area contributed by atoms with Crippen molar-refractivity contribution in [1.82, 2.24) is 14.7 Å². The molecule has 1 aromatic carbocycles. The number of urea groups is 1. The highest BCUT2D eigenvalue weighted by Gasteiger charge is 2.15. The molecule has 7 heteroatoms. The van der Waals surface area contributed by atoms with Crippen LogP contribution in [0, 0.1) is 0 Å². The van der Waals surface area contributed by atoms with E-state index in [0.29, 0.717) is 18.8 Å². The zero-order valence-corrected chi connectivity index (χ0v) is 14.9. The Morgan fingerprint density at radius 1 is 1.26 bits per heavy atom. The van der Waals surface area contributed by atoms with Gasteiger partial charge in [0.1, 0.15) is 18.0 Å². The molecule has 7 nitrogen and oxygen atoms in total. The summed E-state index contributed by atoms with van der Waals surface area (Å²) in [6.45, 7) is 1.74. The highest BCUT2D eigenvalue weighted by molar-refractivity contribution is 5.89. The minimum atomic E-state index is -0.278. The SMILES string of the molecule is O=C(NCc1cn2ccccc2n1)Nc1ccc(OC[C@@H]2CCCO2)cc1. The number of hydrogen-bond donors (Lipinski definition) is 2. The van der Waals surface area contributed by atoms with Gasteiger partial charge in [0.15, 0.2) is 0 Å². The molecule has 0 spiro atoms. The molecule has 3 aromatic rings. The summed E-state index contributed by atoms with van der Waals surface area (Å²) in [7, 11) is 0. The molecule has 1 saturated heterocycles. The monoisotopic (exact) mass is 366 g/mol. The van der Waals surface area contributed by atoms with Gasteiger partial charge in [-0.15, -0.1) is 0 Å². The second-order valence-corrected chi connectivity index (χ2v) is 6.48. The maximum Gasteiger partial charge on any atom is 0.319 e. The van der Waals surface area contributed by atoms with Crippen LogP contribution in [-0.4, -0.2) is 34.7 Å². The molecule has 0 bridgehead atoms. The average Bonchev–Trinajstić information content (AvgIpc) is 3.35. The molecule has 2 N–H and O–H groups in total. The smallest absolute Gasteiger partial charge is 0.319 e. The van der Waals surface area contributed by atoms with Gasteiger partial charge in [-0.3, -0.25) is 0 Å². The lowest BCUT2D eigenvalue weighted by Gasteiger charge is -2.12. The van der Waals surface area contributed by atoms with Crippen LogP contribution in [0.1, 0.15) is 18.5 Å². The number of anilines is 1. The predicted molar refractivity (Wildman–Crippen MR) is 102 cm³/mol. The Morgan fingerprint density at radius 3 is 2.93 bits per heavy atom. The molecule has 27 heavy (non-hydrogen) atoms. The Kier molecular flexibility index (Phi) is 5.20. The van der Waals surface area contributed by atoms with E-state index in [2.05, 4.69) is 15.6 Å². The van der Waals surface area contributed by atoms with E-state index in [-0.39, 0.29) is 12.1 Å². The molecule has 1 atom stereocenters. The van der Waals surface area contributed by atoms with Crippen molar-refractivity contribution < 1.29 is 14.3 Å². The van der Waals surface area contributed by atoms with Crippen molar-refractivity contribution in [2.24, 2.45) is 0 Å². The van der Waals surface area contributed by atoms with Gasteiger partial charge < -0.3 is 24.5 Å². The van der Waals surface area contributed by atoms with Crippen LogP contribution in [0.25, 0.3) is 5.65 Å². The van der Waals surface area contributed by atoms with Crippen LogP contribution in [0.4, 0.5) is 10.5 Å². The first-order valence-corrected chi connectivity index (χ1v) is 9.08. The minimum Gasteiger partial charge on any atom is -0.491 e. The van der Waals surface area contributed by atoms with Gasteiger partial charge in [0.05, 0.1) is 18.3 Å². The van der Waals surface area contributed by atoms with Gasteiger partial charge in [0.25, 0.3) is 0 Å². The summed E-state index contributed by atoms with van der Waals surface area (Å²) in [5, 5.41) is 5.62. The van der Waals surface area contributed by atoms with E-state index < -0.39 is 0 Å². The number of nitrogens with one attached hydrogen (secondary N) is 2. The third kappa shape index (κ3) is 4.57. The maximum absolute atomic E-state index is 12.1. The lowest BCUT2D eigenvalue weighted by atomic mass is 10.2. The molecule has 140 valence electrons. The molecule has 4 rings (SSSR count). The molecule has 0 radical (unpaired) electrons. The number of hydrogen-bond acceptors (Lipinski definition) is 4. The number of imidazole rings is 1. The molecule has 1 fully saturated rings. The number of fused-ring (bicyclic) bond motifs is 1. The summed E-state index contributed by atoms with van der Waals surface area (Å²) >= 11 is 0. The van der Waals surface area contributed by atoms with Gasteiger partial charge in [-0.1, -0.05) is 6.07 Å². The third-order valence-electron chi connectivity index (χ3n) is 4.42. The van der Waals surface area contributed by atoms with E-state index in [1.807, 2.05) is 59.3 Å². The Morgan fingerprint density at radius 2 is 2.15 bits per heavy atom. The average molecular weight is 366 g/mol. The molecular weight excluding hydrogens is 344 g/mol. The van der Waals surface area contributed by atoms with Gasteiger partial charge >= 0.3 is 6.03 Å². The number of nitrogens with zero attached hydrogens (tertiary/aromatic N) is 2. The highest BCUT2D eigenvalue weighted by atomic mass is 16.5. The van der Waals surface area contributed by atoms with E-state index in [9.17, 15) is 4.79 Å². The zero-order valence-electron chi connectivity index (χ0n) is 14.9. The molecule has 3 heterocycles. The number of aromatic nitrogens is 2. The summed E-state index contributed by atoms with van der Waals surface area (Å²) in [6, 6.07) is 12.8. The van der Waals surface area contributed by atoms with Crippen molar-refractivity contribution in [2.75, 3.05) is 18.5 Å². The number of carbonyl (C=O) groups is 1. The van der Waals surface area contributed by atoms with Gasteiger partial charge in [-0.25, -0.2) is 9.78 Å². The van der Waals surface area contributed by atoms with Crippen LogP contribution in [0.3, 0.4) is 0 Å². The molecule has 1 aliphatic heterocycles. The largest absolute Gasteiger partial charge is 0.491 e. The standard InChI is InChI=1S/C20H22N4O3/c25-20(21-12-16-13-24-10-2-1-5-19(24)22-16)23-15-6-8-17(9-7-15)27-14-18-4-3-11-26-18/h1-2,5-10,13,18H,3-4,11-12,14H2,(H2,21,23,25)/t18-/m0/s1. The first kappa shape index (κ1) is 17.4. The number of ether oxygens (including phenoxy) is 2. The summed E-state index contributed by atoms with van der Waals surface area (Å²) in [4.78, 5) is 16.5. The van der Waals surface area contributed by atoms with Gasteiger partial charge in [-0.05, 0) is 49.2 Å². The Hall–Kier alpha value is -3.06. The maximum atomic E-state index is 12.1. The fraction of sp³-hybridized carbons (Fsp3) is 0.300. The van der Waals surface area contributed by atoms with Crippen LogP contribution in [0.2, 0.25) is 0 Å². The van der Waals surface area contributed by atoms with E-state index in [1.165, 1.54) is 0 Å². The van der Waals surface area contributed by atoms with Gasteiger partial charge in [0.2, 0.25) is 0 Å². The van der Waals surface area contributed by atoms with Crippen LogP contribution in [0.15, 0.2) is 54.9 Å². The second kappa shape index (κ2) is 8.09. The predicted octanol–water partition coefficient (Wildman–Crippen LogP) is 3.21. The van der Waals surface area contributed by atoms with Gasteiger partial charge in [-0.2, -0.15) is 0 Å². The van der Waals surface area contributed by atoms with E-state index in [0.717, 1.165) is 36.5 Å². The fourth-order valence-electron chi connectivity index (χ4n) is 3.02. The number of rotatable bonds is 6. The van der Waals surface area contributed by atoms with Crippen molar-refractivity contribution in [3.8, 4) is 5.75 Å². The summed E-state index contributed by atoms with van der Waals surface area (Å²) < 4.78 is 13.2. The van der Waals surface area contributed by atoms with Crippen LogP contribution < -0.4 is 15.4 Å². The molecule has 0 unspecified atom stereocenters. The van der Waals surface area contributed by atoms with Gasteiger partial charge in [0, 0.05) is 24.7 Å². The summed E-state index contributed by atoms with van der Waals surface area (Å²) in [5.41, 5.74) is 2.36. The molecule has 2 amide bonds. The Bertz CT molecular complexity index is 868. The molecular formula is C20H22N4O3. The first-order valence-electron chi connectivity index (χ1n) is 9.08. The first-order chi connectivity index (χ1) is 13.3. The zero-order chi connectivity index (χ0) is 18.5. The summed E-state index contributed by atoms with van der Waals surface area (Å²) in [5.74, 6) is 0.765. The molecule has 1 aliphatic rings. The summed E-state index contributed by atoms with van der Waals surface area (Å²) in [6.07, 6.45) is 6.16. The molecule has 0 aliphatic carbocycles. The lowest BCUT2D eigenvalue weighted by Crippen LogP contribution is -2.28. The van der Waals surface area contributed by atoms with E-state index in [1.54, 1.807) is 0 Å². The van der Waals surface area contributed by atoms with Crippen LogP contribution in [0.5, 0.6) is 5.75 Å². The Labute approximate surface area is 157 Å². The Balaban J connectivity index is 1.24. The van der Waals surface area contributed by atoms with Crippen molar-refractivity contribution in [3.05, 3.63) is 60.6 Å². The van der Waals surface area contributed by atoms with Crippen molar-refractivity contribution in [3.63, 3.8) is 0 Å². The number of carbonyl (C=O) groups excluding carboxylic acids is 1. The quantitative estimate of drug-likeness (QED) is 0.702.